The molecule has 1 saturated heterocycles. The summed E-state index contributed by atoms with van der Waals surface area (Å²) in [5.74, 6) is 1.12. The highest BCUT2D eigenvalue weighted by Gasteiger charge is 2.25. The Morgan fingerprint density at radius 1 is 1.29 bits per heavy atom. The Bertz CT molecular complexity index is 673. The van der Waals surface area contributed by atoms with E-state index < -0.39 is 0 Å². The summed E-state index contributed by atoms with van der Waals surface area (Å²) in [6, 6.07) is 12.8. The molecule has 0 aliphatic carbocycles. The van der Waals surface area contributed by atoms with E-state index in [0.717, 1.165) is 19.4 Å². The highest BCUT2D eigenvalue weighted by molar-refractivity contribution is 5.94. The van der Waals surface area contributed by atoms with Gasteiger partial charge in [0.1, 0.15) is 5.75 Å². The second-order valence-electron chi connectivity index (χ2n) is 5.77. The molecule has 0 spiro atoms. The van der Waals surface area contributed by atoms with Crippen molar-refractivity contribution < 1.29 is 14.3 Å². The smallest absolute Gasteiger partial charge is 0.254 e. The molecule has 0 radical (unpaired) electrons. The summed E-state index contributed by atoms with van der Waals surface area (Å²) in [6.07, 6.45) is 3.72. The minimum atomic E-state index is -0.000264. The van der Waals surface area contributed by atoms with Gasteiger partial charge in [0, 0.05) is 37.5 Å². The summed E-state index contributed by atoms with van der Waals surface area (Å²) < 4.78 is 11.4. The molecule has 1 aromatic carbocycles. The average molecular weight is 326 g/mol. The molecule has 3 rings (SSSR count). The number of benzene rings is 1. The normalized spacial score (nSPS) is 17.5. The van der Waals surface area contributed by atoms with Crippen molar-refractivity contribution in [2.24, 2.45) is 0 Å². The molecule has 1 aromatic heterocycles. The van der Waals surface area contributed by atoms with Gasteiger partial charge in [-0.05, 0) is 38.0 Å². The van der Waals surface area contributed by atoms with E-state index in [4.69, 9.17) is 9.47 Å². The van der Waals surface area contributed by atoms with Crippen LogP contribution in [0.4, 0.5) is 0 Å². The standard InChI is InChI=1S/C19H22N2O3/c1-2-23-17-9-6-12-21(14-17)19(22)15-10-11-20-18(13-15)24-16-7-4-3-5-8-16/h3-5,7-8,10-11,13,17H,2,6,9,12,14H2,1H3/t17-/m1/s1. The fourth-order valence-corrected chi connectivity index (χ4v) is 2.88. The van der Waals surface area contributed by atoms with Crippen LogP contribution >= 0.6 is 0 Å². The third-order valence-corrected chi connectivity index (χ3v) is 4.02. The van der Waals surface area contributed by atoms with Gasteiger partial charge >= 0.3 is 0 Å². The van der Waals surface area contributed by atoms with E-state index in [1.807, 2.05) is 42.2 Å². The molecule has 1 aliphatic rings. The Morgan fingerprint density at radius 3 is 2.92 bits per heavy atom. The summed E-state index contributed by atoms with van der Waals surface area (Å²) in [4.78, 5) is 18.8. The van der Waals surface area contributed by atoms with Crippen LogP contribution < -0.4 is 4.74 Å². The number of likely N-dealkylation sites (tertiary alicyclic amines) is 1. The molecule has 1 fully saturated rings. The first kappa shape index (κ1) is 16.5. The van der Waals surface area contributed by atoms with Gasteiger partial charge in [-0.25, -0.2) is 4.98 Å². The summed E-state index contributed by atoms with van der Waals surface area (Å²) in [7, 11) is 0. The van der Waals surface area contributed by atoms with Crippen LogP contribution in [0.2, 0.25) is 0 Å². The number of hydrogen-bond acceptors (Lipinski definition) is 4. The van der Waals surface area contributed by atoms with E-state index in [1.165, 1.54) is 0 Å². The number of amides is 1. The SMILES string of the molecule is CCO[C@@H]1CCCN(C(=O)c2ccnc(Oc3ccccc3)c2)C1. The zero-order valence-electron chi connectivity index (χ0n) is 13.9. The van der Waals surface area contributed by atoms with Crippen LogP contribution in [0.15, 0.2) is 48.7 Å². The van der Waals surface area contributed by atoms with Crippen molar-refractivity contribution >= 4 is 5.91 Å². The first-order chi connectivity index (χ1) is 11.8. The molecular weight excluding hydrogens is 304 g/mol. The molecule has 1 amide bonds. The molecule has 0 saturated carbocycles. The van der Waals surface area contributed by atoms with Gasteiger partial charge in [0.25, 0.3) is 5.91 Å². The zero-order chi connectivity index (χ0) is 16.8. The van der Waals surface area contributed by atoms with E-state index in [2.05, 4.69) is 4.98 Å². The van der Waals surface area contributed by atoms with Crippen molar-refractivity contribution in [3.05, 3.63) is 54.2 Å². The van der Waals surface area contributed by atoms with E-state index in [-0.39, 0.29) is 12.0 Å². The first-order valence-corrected chi connectivity index (χ1v) is 8.36. The minimum absolute atomic E-state index is 0.000264. The number of carbonyl (C=O) groups excluding carboxylic acids is 1. The average Bonchev–Trinajstić information content (AvgIpc) is 2.63. The van der Waals surface area contributed by atoms with Gasteiger partial charge < -0.3 is 14.4 Å². The number of carbonyl (C=O) groups is 1. The van der Waals surface area contributed by atoms with Crippen molar-refractivity contribution in [3.63, 3.8) is 0 Å². The van der Waals surface area contributed by atoms with Crippen molar-refractivity contribution in [1.82, 2.24) is 9.88 Å². The molecular formula is C19H22N2O3. The van der Waals surface area contributed by atoms with Gasteiger partial charge in [-0.3, -0.25) is 4.79 Å². The molecule has 0 N–H and O–H groups in total. The van der Waals surface area contributed by atoms with Crippen molar-refractivity contribution in [2.45, 2.75) is 25.9 Å². The molecule has 2 heterocycles. The summed E-state index contributed by atoms with van der Waals surface area (Å²) in [5.41, 5.74) is 0.591. The van der Waals surface area contributed by atoms with Crippen molar-refractivity contribution in [1.29, 1.82) is 0 Å². The van der Waals surface area contributed by atoms with Gasteiger partial charge in [0.05, 0.1) is 6.10 Å². The molecule has 5 nitrogen and oxygen atoms in total. The lowest BCUT2D eigenvalue weighted by Crippen LogP contribution is -2.43. The Hall–Kier alpha value is -2.40. The predicted molar refractivity (Wildman–Crippen MR) is 91.3 cm³/mol. The number of ether oxygens (including phenoxy) is 2. The second kappa shape index (κ2) is 7.93. The monoisotopic (exact) mass is 326 g/mol. The lowest BCUT2D eigenvalue weighted by molar-refractivity contribution is 0.00723. The third-order valence-electron chi connectivity index (χ3n) is 4.02. The highest BCUT2D eigenvalue weighted by Crippen LogP contribution is 2.21. The number of aromatic nitrogens is 1. The molecule has 126 valence electrons. The Labute approximate surface area is 142 Å². The van der Waals surface area contributed by atoms with Crippen LogP contribution in [-0.4, -0.2) is 41.6 Å². The van der Waals surface area contributed by atoms with Crippen LogP contribution in [0.3, 0.4) is 0 Å². The van der Waals surface area contributed by atoms with Crippen LogP contribution in [0, 0.1) is 0 Å². The Kier molecular flexibility index (Phi) is 5.43. The molecule has 2 aromatic rings. The summed E-state index contributed by atoms with van der Waals surface area (Å²) >= 11 is 0. The van der Waals surface area contributed by atoms with Gasteiger partial charge in [-0.1, -0.05) is 18.2 Å². The number of pyridine rings is 1. The van der Waals surface area contributed by atoms with E-state index >= 15 is 0 Å². The fraction of sp³-hybridized carbons (Fsp3) is 0.368. The van der Waals surface area contributed by atoms with Crippen LogP contribution in [0.25, 0.3) is 0 Å². The Morgan fingerprint density at radius 2 is 2.12 bits per heavy atom. The maximum atomic E-state index is 12.7. The van der Waals surface area contributed by atoms with E-state index in [0.29, 0.717) is 30.3 Å². The fourth-order valence-electron chi connectivity index (χ4n) is 2.88. The maximum absolute atomic E-state index is 12.7. The largest absolute Gasteiger partial charge is 0.439 e. The number of rotatable bonds is 5. The molecule has 0 bridgehead atoms. The lowest BCUT2D eigenvalue weighted by atomic mass is 10.1. The van der Waals surface area contributed by atoms with Crippen LogP contribution in [-0.2, 0) is 4.74 Å². The summed E-state index contributed by atoms with van der Waals surface area (Å²) in [6.45, 7) is 4.07. The minimum Gasteiger partial charge on any atom is -0.439 e. The first-order valence-electron chi connectivity index (χ1n) is 8.36. The number of para-hydroxylation sites is 1. The molecule has 1 atom stereocenters. The maximum Gasteiger partial charge on any atom is 0.254 e. The van der Waals surface area contributed by atoms with E-state index in [9.17, 15) is 4.79 Å². The van der Waals surface area contributed by atoms with Crippen LogP contribution in [0.5, 0.6) is 11.6 Å². The quantitative estimate of drug-likeness (QED) is 0.843. The van der Waals surface area contributed by atoms with E-state index in [1.54, 1.807) is 18.3 Å². The van der Waals surface area contributed by atoms with Gasteiger partial charge in [-0.15, -0.1) is 0 Å². The molecule has 24 heavy (non-hydrogen) atoms. The molecule has 5 heteroatoms. The zero-order valence-corrected chi connectivity index (χ0v) is 13.9. The second-order valence-corrected chi connectivity index (χ2v) is 5.77. The van der Waals surface area contributed by atoms with Gasteiger partial charge in [0.2, 0.25) is 5.88 Å². The number of nitrogens with zero attached hydrogens (tertiary/aromatic N) is 2. The molecule has 1 aliphatic heterocycles. The Balaban J connectivity index is 1.70. The number of hydrogen-bond donors (Lipinski definition) is 0. The topological polar surface area (TPSA) is 51.7 Å². The van der Waals surface area contributed by atoms with Gasteiger partial charge in [-0.2, -0.15) is 0 Å². The van der Waals surface area contributed by atoms with Gasteiger partial charge in [0.15, 0.2) is 0 Å². The van der Waals surface area contributed by atoms with Crippen molar-refractivity contribution in [3.8, 4) is 11.6 Å². The predicted octanol–water partition coefficient (Wildman–Crippen LogP) is 3.52. The van der Waals surface area contributed by atoms with Crippen molar-refractivity contribution in [2.75, 3.05) is 19.7 Å². The third kappa shape index (κ3) is 4.11. The number of piperidine rings is 1. The molecule has 0 unspecified atom stereocenters. The highest BCUT2D eigenvalue weighted by atomic mass is 16.5. The lowest BCUT2D eigenvalue weighted by Gasteiger charge is -2.32. The van der Waals surface area contributed by atoms with Crippen LogP contribution in [0.1, 0.15) is 30.1 Å². The summed E-state index contributed by atoms with van der Waals surface area (Å²) in [5, 5.41) is 0.